The number of aliphatic hydroxyl groups is 1. The van der Waals surface area contributed by atoms with Crippen LogP contribution in [0.4, 0.5) is 0 Å². The van der Waals surface area contributed by atoms with Crippen LogP contribution in [0, 0.1) is 5.92 Å². The van der Waals surface area contributed by atoms with E-state index in [1.807, 2.05) is 14.0 Å². The van der Waals surface area contributed by atoms with Gasteiger partial charge in [0.05, 0.1) is 31.8 Å². The molecule has 1 fully saturated rings. The van der Waals surface area contributed by atoms with Crippen LogP contribution < -0.4 is 10.6 Å². The molecule has 0 aromatic rings. The van der Waals surface area contributed by atoms with Gasteiger partial charge >= 0.3 is 0 Å². The molecule has 3 unspecified atom stereocenters. The zero-order valence-electron chi connectivity index (χ0n) is 9.32. The van der Waals surface area contributed by atoms with Gasteiger partial charge in [-0.05, 0) is 13.5 Å². The summed E-state index contributed by atoms with van der Waals surface area (Å²) in [7, 11) is 1.82. The fourth-order valence-electron chi connectivity index (χ4n) is 1.68. The average molecular weight is 216 g/mol. The number of hydrogen-bond donors (Lipinski definition) is 3. The molecule has 1 aliphatic rings. The van der Waals surface area contributed by atoms with Crippen molar-refractivity contribution in [3.05, 3.63) is 0 Å². The van der Waals surface area contributed by atoms with E-state index < -0.39 is 0 Å². The lowest BCUT2D eigenvalue weighted by Crippen LogP contribution is -2.46. The Morgan fingerprint density at radius 1 is 1.60 bits per heavy atom. The Morgan fingerprint density at radius 2 is 2.33 bits per heavy atom. The number of carbonyl (C=O) groups is 1. The molecule has 1 rings (SSSR count). The third-order valence-corrected chi connectivity index (χ3v) is 2.85. The smallest absolute Gasteiger partial charge is 0.227 e. The van der Waals surface area contributed by atoms with E-state index in [1.54, 1.807) is 0 Å². The fraction of sp³-hybridized carbons (Fsp3) is 0.900. The van der Waals surface area contributed by atoms with E-state index in [1.165, 1.54) is 0 Å². The summed E-state index contributed by atoms with van der Waals surface area (Å²) in [4.78, 5) is 11.8. The quantitative estimate of drug-likeness (QED) is 0.557. The highest BCUT2D eigenvalue weighted by molar-refractivity contribution is 5.80. The largest absolute Gasteiger partial charge is 0.394 e. The third-order valence-electron chi connectivity index (χ3n) is 2.85. The second-order valence-corrected chi connectivity index (χ2v) is 3.84. The molecule has 0 radical (unpaired) electrons. The molecule has 5 heteroatoms. The van der Waals surface area contributed by atoms with Gasteiger partial charge in [0.1, 0.15) is 0 Å². The van der Waals surface area contributed by atoms with E-state index in [4.69, 9.17) is 9.84 Å². The van der Waals surface area contributed by atoms with Crippen LogP contribution in [0.5, 0.6) is 0 Å². The molecule has 3 N–H and O–H groups in total. The van der Waals surface area contributed by atoms with E-state index in [-0.39, 0.29) is 30.5 Å². The van der Waals surface area contributed by atoms with Crippen LogP contribution in [0.2, 0.25) is 0 Å². The summed E-state index contributed by atoms with van der Waals surface area (Å²) >= 11 is 0. The molecule has 0 bridgehead atoms. The highest BCUT2D eigenvalue weighted by Crippen LogP contribution is 2.13. The lowest BCUT2D eigenvalue weighted by molar-refractivity contribution is -0.126. The average Bonchev–Trinajstić information content (AvgIpc) is 2.73. The van der Waals surface area contributed by atoms with Crippen molar-refractivity contribution >= 4 is 5.91 Å². The van der Waals surface area contributed by atoms with Gasteiger partial charge in [0, 0.05) is 6.04 Å². The van der Waals surface area contributed by atoms with E-state index in [0.29, 0.717) is 13.2 Å². The van der Waals surface area contributed by atoms with Crippen molar-refractivity contribution in [1.82, 2.24) is 10.6 Å². The highest BCUT2D eigenvalue weighted by atomic mass is 16.5. The van der Waals surface area contributed by atoms with Gasteiger partial charge in [0.15, 0.2) is 0 Å². The standard InChI is InChI=1S/C10H20N2O3/c1-3-7(4-13)12-10(14)8-5-15-6-9(8)11-2/h7-9,11,13H,3-6H2,1-2H3,(H,12,14). The minimum atomic E-state index is -0.143. The van der Waals surface area contributed by atoms with Gasteiger partial charge in [-0.3, -0.25) is 4.79 Å². The van der Waals surface area contributed by atoms with Crippen LogP contribution in [0.1, 0.15) is 13.3 Å². The minimum absolute atomic E-state index is 0.0139. The summed E-state index contributed by atoms with van der Waals surface area (Å²) < 4.78 is 5.24. The zero-order valence-corrected chi connectivity index (χ0v) is 9.32. The van der Waals surface area contributed by atoms with Crippen molar-refractivity contribution in [2.24, 2.45) is 5.92 Å². The van der Waals surface area contributed by atoms with Gasteiger partial charge in [-0.15, -0.1) is 0 Å². The molecule has 15 heavy (non-hydrogen) atoms. The molecule has 1 aliphatic heterocycles. The number of nitrogens with one attached hydrogen (secondary N) is 2. The van der Waals surface area contributed by atoms with Crippen LogP contribution in [0.25, 0.3) is 0 Å². The van der Waals surface area contributed by atoms with Crippen molar-refractivity contribution in [3.8, 4) is 0 Å². The Kier molecular flexibility index (Phi) is 5.01. The molecule has 1 saturated heterocycles. The van der Waals surface area contributed by atoms with E-state index in [2.05, 4.69) is 10.6 Å². The van der Waals surface area contributed by atoms with Crippen molar-refractivity contribution in [2.75, 3.05) is 26.9 Å². The normalized spacial score (nSPS) is 27.7. The van der Waals surface area contributed by atoms with E-state index >= 15 is 0 Å². The second-order valence-electron chi connectivity index (χ2n) is 3.84. The predicted octanol–water partition coefficient (Wildman–Crippen LogP) is -0.892. The Morgan fingerprint density at radius 3 is 2.87 bits per heavy atom. The van der Waals surface area contributed by atoms with E-state index in [0.717, 1.165) is 6.42 Å². The fourth-order valence-corrected chi connectivity index (χ4v) is 1.68. The summed E-state index contributed by atoms with van der Waals surface area (Å²) in [6.07, 6.45) is 0.736. The number of likely N-dealkylation sites (N-methyl/N-ethyl adjacent to an activating group) is 1. The first-order valence-electron chi connectivity index (χ1n) is 5.39. The van der Waals surface area contributed by atoms with Crippen LogP contribution in [-0.4, -0.2) is 50.0 Å². The topological polar surface area (TPSA) is 70.6 Å². The zero-order chi connectivity index (χ0) is 11.3. The molecule has 0 saturated carbocycles. The van der Waals surface area contributed by atoms with Crippen molar-refractivity contribution in [2.45, 2.75) is 25.4 Å². The number of hydrogen-bond acceptors (Lipinski definition) is 4. The summed E-state index contributed by atoms with van der Waals surface area (Å²) in [6, 6.07) is -0.0585. The molecule has 3 atom stereocenters. The molecular formula is C10H20N2O3. The molecule has 1 amide bonds. The molecule has 0 aromatic carbocycles. The molecule has 0 aromatic heterocycles. The molecule has 88 valence electrons. The Labute approximate surface area is 90.2 Å². The first-order valence-corrected chi connectivity index (χ1v) is 5.39. The minimum Gasteiger partial charge on any atom is -0.394 e. The lowest BCUT2D eigenvalue weighted by Gasteiger charge is -2.20. The monoisotopic (exact) mass is 216 g/mol. The third kappa shape index (κ3) is 3.15. The number of amides is 1. The van der Waals surface area contributed by atoms with E-state index in [9.17, 15) is 4.79 Å². The lowest BCUT2D eigenvalue weighted by atomic mass is 10.0. The van der Waals surface area contributed by atoms with Crippen LogP contribution in [0.15, 0.2) is 0 Å². The van der Waals surface area contributed by atoms with Crippen molar-refractivity contribution < 1.29 is 14.6 Å². The van der Waals surface area contributed by atoms with Crippen LogP contribution in [-0.2, 0) is 9.53 Å². The maximum absolute atomic E-state index is 11.8. The van der Waals surface area contributed by atoms with Gasteiger partial charge < -0.3 is 20.5 Å². The Balaban J connectivity index is 2.45. The summed E-state index contributed by atoms with van der Waals surface area (Å²) in [6.45, 7) is 2.95. The molecule has 0 spiro atoms. The summed E-state index contributed by atoms with van der Waals surface area (Å²) in [5.41, 5.74) is 0. The SMILES string of the molecule is CCC(CO)NC(=O)C1COCC1NC. The van der Waals surface area contributed by atoms with Crippen molar-refractivity contribution in [3.63, 3.8) is 0 Å². The van der Waals surface area contributed by atoms with Gasteiger partial charge in [0.25, 0.3) is 0 Å². The van der Waals surface area contributed by atoms with Crippen LogP contribution >= 0.6 is 0 Å². The maximum atomic E-state index is 11.8. The first-order chi connectivity index (χ1) is 7.22. The molecule has 5 nitrogen and oxygen atoms in total. The number of ether oxygens (including phenoxy) is 1. The molecule has 1 heterocycles. The van der Waals surface area contributed by atoms with Crippen molar-refractivity contribution in [1.29, 1.82) is 0 Å². The Bertz CT molecular complexity index is 207. The molecule has 0 aliphatic carbocycles. The predicted molar refractivity (Wildman–Crippen MR) is 56.5 cm³/mol. The second kappa shape index (κ2) is 6.05. The van der Waals surface area contributed by atoms with Gasteiger partial charge in [-0.1, -0.05) is 6.92 Å². The van der Waals surface area contributed by atoms with Gasteiger partial charge in [-0.2, -0.15) is 0 Å². The number of carbonyl (C=O) groups excluding carboxylic acids is 1. The Hall–Kier alpha value is -0.650. The maximum Gasteiger partial charge on any atom is 0.227 e. The number of aliphatic hydroxyl groups excluding tert-OH is 1. The highest BCUT2D eigenvalue weighted by Gasteiger charge is 2.33. The summed E-state index contributed by atoms with van der Waals surface area (Å²) in [5, 5.41) is 14.8. The summed E-state index contributed by atoms with van der Waals surface area (Å²) in [5.74, 6) is -0.177. The van der Waals surface area contributed by atoms with Crippen LogP contribution in [0.3, 0.4) is 0 Å². The number of rotatable bonds is 5. The van der Waals surface area contributed by atoms with Gasteiger partial charge in [0.2, 0.25) is 5.91 Å². The van der Waals surface area contributed by atoms with Gasteiger partial charge in [-0.25, -0.2) is 0 Å². The first kappa shape index (κ1) is 12.4. The molecular weight excluding hydrogens is 196 g/mol.